The van der Waals surface area contributed by atoms with E-state index in [2.05, 4.69) is 25.3 Å². The Kier molecular flexibility index (Phi) is 8.52. The van der Waals surface area contributed by atoms with Gasteiger partial charge in [-0.15, -0.1) is 11.3 Å². The van der Waals surface area contributed by atoms with Crippen LogP contribution in [0.1, 0.15) is 35.0 Å². The van der Waals surface area contributed by atoms with E-state index in [-0.39, 0.29) is 30.3 Å². The number of amides is 1. The lowest BCUT2D eigenvalue weighted by Gasteiger charge is -2.22. The van der Waals surface area contributed by atoms with Gasteiger partial charge < -0.3 is 4.90 Å². The van der Waals surface area contributed by atoms with Crippen molar-refractivity contribution in [3.8, 4) is 0 Å². The normalized spacial score (nSPS) is 15.1. The van der Waals surface area contributed by atoms with E-state index in [0.29, 0.717) is 11.4 Å². The Bertz CT molecular complexity index is 1180. The summed E-state index contributed by atoms with van der Waals surface area (Å²) in [5.41, 5.74) is 3.24. The molecule has 1 aliphatic heterocycles. The van der Waals surface area contributed by atoms with Crippen molar-refractivity contribution in [2.24, 2.45) is 4.99 Å². The van der Waals surface area contributed by atoms with E-state index in [4.69, 9.17) is 0 Å². The number of carbonyl (C=O) groups is 1. The number of amidine groups is 1. The van der Waals surface area contributed by atoms with Crippen LogP contribution in [-0.4, -0.2) is 34.1 Å². The number of nitrogens with one attached hydrogen (secondary N) is 1. The third-order valence-corrected chi connectivity index (χ3v) is 5.54. The molecule has 7 nitrogen and oxygen atoms in total. The predicted octanol–water partition coefficient (Wildman–Crippen LogP) is 4.96. The summed E-state index contributed by atoms with van der Waals surface area (Å²) in [5, 5.41) is 0.826. The van der Waals surface area contributed by atoms with Gasteiger partial charge in [0.25, 0.3) is 6.23 Å². The number of aromatic nitrogens is 2. The highest BCUT2D eigenvalue weighted by Crippen LogP contribution is 2.26. The molecule has 2 aromatic heterocycles. The van der Waals surface area contributed by atoms with Crippen molar-refractivity contribution >= 4 is 28.8 Å². The van der Waals surface area contributed by atoms with Crippen molar-refractivity contribution in [3.63, 3.8) is 0 Å². The van der Waals surface area contributed by atoms with Crippen LogP contribution in [0.25, 0.3) is 0 Å². The number of hydrogen-bond acceptors (Lipinski definition) is 7. The van der Waals surface area contributed by atoms with Gasteiger partial charge in [0.15, 0.2) is 5.84 Å². The first-order valence-corrected chi connectivity index (χ1v) is 11.5. The van der Waals surface area contributed by atoms with Gasteiger partial charge in [-0.3, -0.25) is 9.78 Å². The quantitative estimate of drug-likeness (QED) is 0.476. The number of aliphatic imine (C=N–C) groups is 1. The maximum absolute atomic E-state index is 13.8. The second-order valence-electron chi connectivity index (χ2n) is 7.11. The number of rotatable bonds is 6. The molecule has 1 N–H and O–H groups in total. The highest BCUT2D eigenvalue weighted by atomic mass is 32.1. The summed E-state index contributed by atoms with van der Waals surface area (Å²) in [7, 11) is 0. The average molecular weight is 510 g/mol. The molecule has 12 heteroatoms. The maximum atomic E-state index is 13.8. The van der Waals surface area contributed by atoms with Crippen molar-refractivity contribution in [1.29, 1.82) is 0 Å². The van der Waals surface area contributed by atoms with Gasteiger partial charge in [-0.25, -0.2) is 24.7 Å². The van der Waals surface area contributed by atoms with E-state index in [1.54, 1.807) is 18.3 Å². The van der Waals surface area contributed by atoms with E-state index < -0.39 is 18.2 Å². The average Bonchev–Trinajstić information content (AvgIpc) is 3.48. The lowest BCUT2D eigenvalue weighted by Crippen LogP contribution is -2.32. The molecule has 4 rings (SSSR count). The molecule has 1 aliphatic rings. The molecule has 0 aliphatic carbocycles. The van der Waals surface area contributed by atoms with Crippen LogP contribution in [0, 0.1) is 12.7 Å². The van der Waals surface area contributed by atoms with Gasteiger partial charge in [0.2, 0.25) is 5.91 Å². The molecule has 1 amide bonds. The summed E-state index contributed by atoms with van der Waals surface area (Å²) in [6.07, 6.45) is -3.89. The second-order valence-corrected chi connectivity index (χ2v) is 8.43. The number of hydrogen-bond donors (Lipinski definition) is 1. The van der Waals surface area contributed by atoms with E-state index in [0.717, 1.165) is 9.88 Å². The molecule has 0 saturated heterocycles. The van der Waals surface area contributed by atoms with Crippen LogP contribution >= 0.6 is 11.3 Å². The Morgan fingerprint density at radius 1 is 1.17 bits per heavy atom. The molecule has 0 saturated carbocycles. The number of hydroxylamine groups is 1. The van der Waals surface area contributed by atoms with Crippen LogP contribution in [0.4, 0.5) is 23.2 Å². The van der Waals surface area contributed by atoms with Crippen molar-refractivity contribution in [2.45, 2.75) is 46.1 Å². The van der Waals surface area contributed by atoms with E-state index in [9.17, 15) is 22.4 Å². The Hall–Kier alpha value is -3.38. The zero-order chi connectivity index (χ0) is 25.6. The number of nitrogens with zero attached hydrogens (tertiary/aromatic N) is 4. The number of carbonyl (C=O) groups excluding carboxylic acids is 1. The first kappa shape index (κ1) is 26.2. The Morgan fingerprint density at radius 3 is 2.51 bits per heavy atom. The van der Waals surface area contributed by atoms with Crippen LogP contribution < -0.4 is 10.4 Å². The minimum absolute atomic E-state index is 0.0297. The molecule has 1 atom stereocenters. The number of alkyl halides is 3. The van der Waals surface area contributed by atoms with E-state index >= 15 is 0 Å². The Labute approximate surface area is 203 Å². The largest absolute Gasteiger partial charge is 0.437 e. The van der Waals surface area contributed by atoms with Crippen molar-refractivity contribution in [3.05, 3.63) is 75.8 Å². The molecule has 0 spiro atoms. The van der Waals surface area contributed by atoms with Crippen LogP contribution in [0.2, 0.25) is 0 Å². The zero-order valence-electron chi connectivity index (χ0n) is 19.1. The Balaban J connectivity index is 0.00000167. The van der Waals surface area contributed by atoms with E-state index in [1.165, 1.54) is 46.7 Å². The van der Waals surface area contributed by atoms with Gasteiger partial charge >= 0.3 is 6.18 Å². The van der Waals surface area contributed by atoms with Gasteiger partial charge in [-0.2, -0.15) is 13.2 Å². The predicted molar refractivity (Wildman–Crippen MR) is 124 cm³/mol. The smallest absolute Gasteiger partial charge is 0.306 e. The standard InChI is InChI=1S/C21H17F4N5O2S.C2H6/c1-12-26-10-17(33-12)8-18(31)30(16-4-2-3-14(22)7-16)11-15-6-5-13(9-27-15)19-28-20(32-29-19)21(23,24)25;1-2/h2-7,9-10,20H,8,11H2,1H3,(H,28,29);1-2H3. The number of benzene rings is 1. The topological polar surface area (TPSA) is 79.7 Å². The lowest BCUT2D eigenvalue weighted by molar-refractivity contribution is -0.220. The number of thiazole rings is 1. The monoisotopic (exact) mass is 509 g/mol. The van der Waals surface area contributed by atoms with Crippen molar-refractivity contribution < 1.29 is 27.2 Å². The highest BCUT2D eigenvalue weighted by Gasteiger charge is 2.44. The van der Waals surface area contributed by atoms with Gasteiger partial charge in [-0.05, 0) is 37.3 Å². The SMILES string of the molecule is CC.Cc1ncc(CC(=O)N(Cc2ccc(C3=NC(C(F)(F)F)ON3)cn2)c2cccc(F)c2)s1. The molecule has 1 unspecified atom stereocenters. The van der Waals surface area contributed by atoms with Gasteiger partial charge in [-0.1, -0.05) is 19.9 Å². The summed E-state index contributed by atoms with van der Waals surface area (Å²) in [6, 6.07) is 8.69. The third kappa shape index (κ3) is 6.83. The summed E-state index contributed by atoms with van der Waals surface area (Å²) < 4.78 is 52.0. The molecule has 3 aromatic rings. The Morgan fingerprint density at radius 2 is 1.94 bits per heavy atom. The number of anilines is 1. The molecule has 0 fully saturated rings. The molecule has 0 bridgehead atoms. The number of aryl methyl sites for hydroxylation is 1. The van der Waals surface area contributed by atoms with Crippen LogP contribution in [0.3, 0.4) is 0 Å². The third-order valence-electron chi connectivity index (χ3n) is 4.63. The zero-order valence-corrected chi connectivity index (χ0v) is 20.0. The lowest BCUT2D eigenvalue weighted by atomic mass is 10.2. The fourth-order valence-electron chi connectivity index (χ4n) is 3.07. The summed E-state index contributed by atoms with van der Waals surface area (Å²) in [4.78, 5) is 31.5. The number of halogens is 4. The minimum atomic E-state index is -4.63. The number of pyridine rings is 1. The molecule has 35 heavy (non-hydrogen) atoms. The summed E-state index contributed by atoms with van der Waals surface area (Å²) >= 11 is 1.40. The van der Waals surface area contributed by atoms with Crippen LogP contribution in [-0.2, 0) is 22.6 Å². The highest BCUT2D eigenvalue weighted by molar-refractivity contribution is 7.11. The van der Waals surface area contributed by atoms with Gasteiger partial charge in [0, 0.05) is 28.5 Å². The van der Waals surface area contributed by atoms with E-state index in [1.807, 2.05) is 20.8 Å². The van der Waals surface area contributed by atoms with Gasteiger partial charge in [0.1, 0.15) is 5.82 Å². The fourth-order valence-corrected chi connectivity index (χ4v) is 3.86. The van der Waals surface area contributed by atoms with Gasteiger partial charge in [0.05, 0.1) is 23.7 Å². The molecule has 3 heterocycles. The maximum Gasteiger partial charge on any atom is 0.437 e. The van der Waals surface area contributed by atoms with Crippen molar-refractivity contribution in [1.82, 2.24) is 15.4 Å². The molecule has 0 radical (unpaired) electrons. The first-order chi connectivity index (χ1) is 16.7. The molecular formula is C23H23F4N5O2S. The minimum Gasteiger partial charge on any atom is -0.306 e. The summed E-state index contributed by atoms with van der Waals surface area (Å²) in [5.74, 6) is -0.875. The van der Waals surface area contributed by atoms with Crippen LogP contribution in [0.5, 0.6) is 0 Å². The first-order valence-electron chi connectivity index (χ1n) is 10.7. The van der Waals surface area contributed by atoms with Crippen molar-refractivity contribution in [2.75, 3.05) is 4.90 Å². The fraction of sp³-hybridized carbons (Fsp3) is 0.304. The molecule has 186 valence electrons. The van der Waals surface area contributed by atoms with Crippen LogP contribution in [0.15, 0.2) is 53.8 Å². The second kappa shape index (κ2) is 11.4. The molecular weight excluding hydrogens is 486 g/mol. The molecule has 1 aromatic carbocycles. The summed E-state index contributed by atoms with van der Waals surface area (Å²) in [6.45, 7) is 5.86.